The Hall–Kier alpha value is -2.60. The highest BCUT2D eigenvalue weighted by atomic mass is 32.1. The van der Waals surface area contributed by atoms with Crippen molar-refractivity contribution in [2.45, 2.75) is 39.8 Å². The third kappa shape index (κ3) is 5.69. The second-order valence-corrected chi connectivity index (χ2v) is 6.96. The van der Waals surface area contributed by atoms with Crippen LogP contribution in [-0.4, -0.2) is 26.1 Å². The van der Waals surface area contributed by atoms with Crippen LogP contribution in [0.5, 0.6) is 0 Å². The maximum Gasteiger partial charge on any atom is 0.173 e. The second kappa shape index (κ2) is 9.37. The fourth-order valence-electron chi connectivity index (χ4n) is 2.90. The topological polar surface area (TPSA) is 46.2 Å². The summed E-state index contributed by atoms with van der Waals surface area (Å²) in [5, 5.41) is 4.07. The lowest BCUT2D eigenvalue weighted by molar-refractivity contribution is 0.348. The third-order valence-corrected chi connectivity index (χ3v) is 4.81. The molecule has 0 radical (unpaired) electrons. The number of furan rings is 1. The quantitative estimate of drug-likeness (QED) is 0.575. The van der Waals surface area contributed by atoms with E-state index in [-0.39, 0.29) is 0 Å². The summed E-state index contributed by atoms with van der Waals surface area (Å²) in [6.45, 7) is 6.49. The molecule has 3 aromatic rings. The van der Waals surface area contributed by atoms with Crippen molar-refractivity contribution in [2.24, 2.45) is 0 Å². The van der Waals surface area contributed by atoms with E-state index in [1.54, 1.807) is 6.20 Å². The maximum atomic E-state index is 5.75. The molecule has 3 rings (SSSR count). The van der Waals surface area contributed by atoms with Crippen LogP contribution >= 0.6 is 12.2 Å². The molecule has 1 N–H and O–H groups in total. The van der Waals surface area contributed by atoms with E-state index in [1.807, 2.05) is 31.6 Å². The molecule has 0 saturated heterocycles. The van der Waals surface area contributed by atoms with Gasteiger partial charge >= 0.3 is 0 Å². The SMILES string of the molecule is CCc1ccc(NC(=S)N(CCCn2ccnc2)Cc2ccc(C)o2)cc1. The largest absolute Gasteiger partial charge is 0.464 e. The van der Waals surface area contributed by atoms with E-state index in [9.17, 15) is 0 Å². The van der Waals surface area contributed by atoms with Crippen molar-refractivity contribution in [1.82, 2.24) is 14.5 Å². The van der Waals surface area contributed by atoms with Gasteiger partial charge in [0.1, 0.15) is 11.5 Å². The van der Waals surface area contributed by atoms with Gasteiger partial charge in [-0.25, -0.2) is 4.98 Å². The molecule has 0 aliphatic carbocycles. The smallest absolute Gasteiger partial charge is 0.173 e. The van der Waals surface area contributed by atoms with E-state index in [0.717, 1.165) is 43.1 Å². The molecule has 0 saturated carbocycles. The number of benzene rings is 1. The Kier molecular flexibility index (Phi) is 6.65. The minimum atomic E-state index is 0.649. The van der Waals surface area contributed by atoms with Gasteiger partial charge in [-0.1, -0.05) is 19.1 Å². The zero-order valence-corrected chi connectivity index (χ0v) is 16.7. The van der Waals surface area contributed by atoms with Crippen LogP contribution in [0, 0.1) is 6.92 Å². The van der Waals surface area contributed by atoms with E-state index in [0.29, 0.717) is 11.7 Å². The van der Waals surface area contributed by atoms with Crippen molar-refractivity contribution in [3.8, 4) is 0 Å². The summed E-state index contributed by atoms with van der Waals surface area (Å²) in [5.41, 5.74) is 2.32. The molecule has 1 aromatic carbocycles. The molecule has 5 nitrogen and oxygen atoms in total. The molecule has 142 valence electrons. The van der Waals surface area contributed by atoms with Gasteiger partial charge in [-0.05, 0) is 61.8 Å². The molecule has 0 aliphatic rings. The molecular formula is C21H26N4OS. The molecule has 0 atom stereocenters. The first kappa shape index (κ1) is 19.2. The Morgan fingerprint density at radius 1 is 1.22 bits per heavy atom. The fraction of sp³-hybridized carbons (Fsp3) is 0.333. The zero-order valence-electron chi connectivity index (χ0n) is 15.9. The molecular weight excluding hydrogens is 356 g/mol. The Labute approximate surface area is 166 Å². The van der Waals surface area contributed by atoms with Gasteiger partial charge in [-0.15, -0.1) is 0 Å². The first-order chi connectivity index (χ1) is 13.1. The van der Waals surface area contributed by atoms with E-state index >= 15 is 0 Å². The number of hydrogen-bond donors (Lipinski definition) is 1. The molecule has 27 heavy (non-hydrogen) atoms. The van der Waals surface area contributed by atoms with Gasteiger partial charge in [0.15, 0.2) is 5.11 Å². The van der Waals surface area contributed by atoms with Gasteiger partial charge in [0, 0.05) is 31.2 Å². The molecule has 2 heterocycles. The highest BCUT2D eigenvalue weighted by Crippen LogP contribution is 2.14. The lowest BCUT2D eigenvalue weighted by Crippen LogP contribution is -2.35. The zero-order chi connectivity index (χ0) is 19.1. The number of anilines is 1. The van der Waals surface area contributed by atoms with E-state index in [1.165, 1.54) is 5.56 Å². The molecule has 2 aromatic heterocycles. The lowest BCUT2D eigenvalue weighted by Gasteiger charge is -2.25. The van der Waals surface area contributed by atoms with Crippen molar-refractivity contribution in [3.63, 3.8) is 0 Å². The average Bonchev–Trinajstić information content (AvgIpc) is 3.33. The predicted molar refractivity (Wildman–Crippen MR) is 113 cm³/mol. The summed E-state index contributed by atoms with van der Waals surface area (Å²) < 4.78 is 7.83. The van der Waals surface area contributed by atoms with Crippen LogP contribution in [0.1, 0.15) is 30.4 Å². The molecule has 0 unspecified atom stereocenters. The van der Waals surface area contributed by atoms with Crippen molar-refractivity contribution < 1.29 is 4.42 Å². The van der Waals surface area contributed by atoms with Gasteiger partial charge < -0.3 is 19.2 Å². The van der Waals surface area contributed by atoms with Crippen molar-refractivity contribution >= 4 is 23.0 Å². The number of nitrogens with one attached hydrogen (secondary N) is 1. The van der Waals surface area contributed by atoms with Crippen molar-refractivity contribution in [2.75, 3.05) is 11.9 Å². The standard InChI is InChI=1S/C21H26N4OS/c1-3-18-6-8-19(9-7-18)23-21(27)25(15-20-10-5-17(2)26-20)13-4-12-24-14-11-22-16-24/h5-11,14,16H,3-4,12-13,15H2,1-2H3,(H,23,27). The van der Waals surface area contributed by atoms with Crippen molar-refractivity contribution in [3.05, 3.63) is 72.2 Å². The summed E-state index contributed by atoms with van der Waals surface area (Å²) in [6.07, 6.45) is 7.61. The summed E-state index contributed by atoms with van der Waals surface area (Å²) >= 11 is 5.69. The number of aromatic nitrogens is 2. The summed E-state index contributed by atoms with van der Waals surface area (Å²) in [6, 6.07) is 12.4. The molecule has 6 heteroatoms. The van der Waals surface area contributed by atoms with E-state index in [4.69, 9.17) is 16.6 Å². The highest BCUT2D eigenvalue weighted by Gasteiger charge is 2.13. The van der Waals surface area contributed by atoms with Gasteiger partial charge in [0.2, 0.25) is 0 Å². The summed E-state index contributed by atoms with van der Waals surface area (Å²) in [4.78, 5) is 6.24. The van der Waals surface area contributed by atoms with Crippen LogP contribution in [-0.2, 0) is 19.5 Å². The Bertz CT molecular complexity index is 839. The van der Waals surface area contributed by atoms with Gasteiger partial charge in [0.25, 0.3) is 0 Å². The molecule has 0 bridgehead atoms. The first-order valence-electron chi connectivity index (χ1n) is 9.30. The maximum absolute atomic E-state index is 5.75. The number of thiocarbonyl (C=S) groups is 1. The number of imidazole rings is 1. The normalized spacial score (nSPS) is 10.7. The summed E-state index contributed by atoms with van der Waals surface area (Å²) in [7, 11) is 0. The second-order valence-electron chi connectivity index (χ2n) is 6.57. The number of hydrogen-bond acceptors (Lipinski definition) is 3. The monoisotopic (exact) mass is 382 g/mol. The molecule has 0 aliphatic heterocycles. The van der Waals surface area contributed by atoms with Crippen LogP contribution in [0.4, 0.5) is 5.69 Å². The van der Waals surface area contributed by atoms with Crippen LogP contribution < -0.4 is 5.32 Å². The first-order valence-corrected chi connectivity index (χ1v) is 9.71. The third-order valence-electron chi connectivity index (χ3n) is 4.45. The molecule has 0 fully saturated rings. The lowest BCUT2D eigenvalue weighted by atomic mass is 10.1. The molecule has 0 spiro atoms. The fourth-order valence-corrected chi connectivity index (χ4v) is 3.17. The van der Waals surface area contributed by atoms with Crippen LogP contribution in [0.3, 0.4) is 0 Å². The predicted octanol–water partition coefficient (Wildman–Crippen LogP) is 4.64. The minimum Gasteiger partial charge on any atom is -0.464 e. The Balaban J connectivity index is 1.63. The van der Waals surface area contributed by atoms with Gasteiger partial charge in [-0.2, -0.15) is 0 Å². The number of nitrogens with zero attached hydrogens (tertiary/aromatic N) is 3. The van der Waals surface area contributed by atoms with Gasteiger partial charge in [0.05, 0.1) is 12.9 Å². The Morgan fingerprint density at radius 2 is 2.04 bits per heavy atom. The van der Waals surface area contributed by atoms with Crippen LogP contribution in [0.2, 0.25) is 0 Å². The average molecular weight is 383 g/mol. The number of rotatable bonds is 8. The van der Waals surface area contributed by atoms with Crippen molar-refractivity contribution in [1.29, 1.82) is 0 Å². The highest BCUT2D eigenvalue weighted by molar-refractivity contribution is 7.80. The van der Waals surface area contributed by atoms with Gasteiger partial charge in [-0.3, -0.25) is 0 Å². The van der Waals surface area contributed by atoms with Crippen LogP contribution in [0.25, 0.3) is 0 Å². The Morgan fingerprint density at radius 3 is 2.67 bits per heavy atom. The van der Waals surface area contributed by atoms with E-state index in [2.05, 4.69) is 51.0 Å². The van der Waals surface area contributed by atoms with Crippen LogP contribution in [0.15, 0.2) is 59.5 Å². The number of aryl methyl sites for hydroxylation is 3. The minimum absolute atomic E-state index is 0.649. The molecule has 0 amide bonds. The summed E-state index contributed by atoms with van der Waals surface area (Å²) in [5.74, 6) is 1.83. The van der Waals surface area contributed by atoms with E-state index < -0.39 is 0 Å².